The van der Waals surface area contributed by atoms with Gasteiger partial charge in [-0.3, -0.25) is 4.79 Å². The molecule has 0 aromatic heterocycles. The summed E-state index contributed by atoms with van der Waals surface area (Å²) >= 11 is 1.43. The van der Waals surface area contributed by atoms with Crippen molar-refractivity contribution in [1.29, 1.82) is 0 Å². The van der Waals surface area contributed by atoms with E-state index >= 15 is 0 Å². The summed E-state index contributed by atoms with van der Waals surface area (Å²) in [6.07, 6.45) is 1.87. The molecule has 0 bridgehead atoms. The molecule has 0 radical (unpaired) electrons. The van der Waals surface area contributed by atoms with Gasteiger partial charge in [0, 0.05) is 10.5 Å². The van der Waals surface area contributed by atoms with Crippen LogP contribution in [0, 0.1) is 6.92 Å². The molecule has 2 aromatic carbocycles. The maximum absolute atomic E-state index is 13.0. The molecular weight excluding hydrogens is 328 g/mol. The van der Waals surface area contributed by atoms with Crippen molar-refractivity contribution < 1.29 is 13.2 Å². The van der Waals surface area contributed by atoms with E-state index in [1.54, 1.807) is 36.4 Å². The molecule has 0 amide bonds. The van der Waals surface area contributed by atoms with Gasteiger partial charge in [0.2, 0.25) is 0 Å². The second kappa shape index (κ2) is 6.49. The van der Waals surface area contributed by atoms with Crippen LogP contribution in [-0.2, 0) is 9.84 Å². The Hall–Kier alpha value is -1.59. The molecular formula is C18H20O3S2. The molecule has 0 aliphatic rings. The van der Waals surface area contributed by atoms with Crippen LogP contribution in [0.5, 0.6) is 0 Å². The van der Waals surface area contributed by atoms with Crippen LogP contribution in [0.4, 0.5) is 0 Å². The Bertz CT molecular complexity index is 820. The molecule has 0 N–H and O–H groups in total. The first-order chi connectivity index (χ1) is 10.7. The zero-order valence-corrected chi connectivity index (χ0v) is 15.3. The third-order valence-corrected chi connectivity index (χ3v) is 7.12. The van der Waals surface area contributed by atoms with Gasteiger partial charge in [-0.1, -0.05) is 35.9 Å². The minimum absolute atomic E-state index is 0.170. The van der Waals surface area contributed by atoms with Crippen molar-refractivity contribution in [1.82, 2.24) is 0 Å². The van der Waals surface area contributed by atoms with E-state index in [-0.39, 0.29) is 10.7 Å². The molecule has 2 aromatic rings. The molecule has 0 fully saturated rings. The first-order valence-corrected chi connectivity index (χ1v) is 9.91. The van der Waals surface area contributed by atoms with Gasteiger partial charge in [-0.2, -0.15) is 0 Å². The number of rotatable bonds is 5. The van der Waals surface area contributed by atoms with E-state index < -0.39 is 14.6 Å². The van der Waals surface area contributed by atoms with Crippen LogP contribution in [0.1, 0.15) is 29.8 Å². The summed E-state index contributed by atoms with van der Waals surface area (Å²) in [7, 11) is -3.79. The lowest BCUT2D eigenvalue weighted by Gasteiger charge is -2.24. The van der Waals surface area contributed by atoms with E-state index in [1.165, 1.54) is 25.6 Å². The van der Waals surface area contributed by atoms with Crippen molar-refractivity contribution >= 4 is 27.4 Å². The fourth-order valence-electron chi connectivity index (χ4n) is 2.29. The summed E-state index contributed by atoms with van der Waals surface area (Å²) in [6.45, 7) is 4.84. The van der Waals surface area contributed by atoms with Crippen molar-refractivity contribution in [3.05, 3.63) is 59.7 Å². The third-order valence-electron chi connectivity index (χ3n) is 3.90. The van der Waals surface area contributed by atoms with Gasteiger partial charge < -0.3 is 0 Å². The Labute approximate surface area is 142 Å². The fraction of sp³-hybridized carbons (Fsp3) is 0.278. The zero-order chi connectivity index (χ0) is 17.3. The number of sulfone groups is 1. The summed E-state index contributed by atoms with van der Waals surface area (Å²) in [5, 5.41) is 0. The number of benzene rings is 2. The lowest BCUT2D eigenvalue weighted by atomic mass is 10.0. The molecule has 0 heterocycles. The maximum atomic E-state index is 13.0. The first kappa shape index (κ1) is 17.8. The van der Waals surface area contributed by atoms with Gasteiger partial charge in [0.05, 0.1) is 4.90 Å². The van der Waals surface area contributed by atoms with E-state index in [0.29, 0.717) is 5.56 Å². The minimum atomic E-state index is -3.79. The van der Waals surface area contributed by atoms with Crippen LogP contribution in [0.2, 0.25) is 0 Å². The fourth-order valence-corrected chi connectivity index (χ4v) is 4.32. The molecule has 0 atom stereocenters. The monoisotopic (exact) mass is 348 g/mol. The summed E-state index contributed by atoms with van der Waals surface area (Å²) in [4.78, 5) is 13.9. The molecule has 0 spiro atoms. The molecule has 23 heavy (non-hydrogen) atoms. The first-order valence-electron chi connectivity index (χ1n) is 7.21. The average molecular weight is 348 g/mol. The molecule has 0 aliphatic heterocycles. The van der Waals surface area contributed by atoms with E-state index in [9.17, 15) is 13.2 Å². The number of carbonyl (C=O) groups is 1. The van der Waals surface area contributed by atoms with Gasteiger partial charge in [0.1, 0.15) is 4.75 Å². The number of hydrogen-bond donors (Lipinski definition) is 0. The van der Waals surface area contributed by atoms with Crippen LogP contribution in [0.15, 0.2) is 58.3 Å². The SMILES string of the molecule is CSc1ccccc1C(=O)C(C)(C)S(=O)(=O)c1ccc(C)cc1. The van der Waals surface area contributed by atoms with Crippen molar-refractivity contribution in [3.8, 4) is 0 Å². The van der Waals surface area contributed by atoms with E-state index in [4.69, 9.17) is 0 Å². The predicted molar refractivity (Wildman–Crippen MR) is 95.0 cm³/mol. The Morgan fingerprint density at radius 1 is 1.00 bits per heavy atom. The molecule has 5 heteroatoms. The van der Waals surface area contributed by atoms with Gasteiger partial charge >= 0.3 is 0 Å². The lowest BCUT2D eigenvalue weighted by Crippen LogP contribution is -2.41. The molecule has 0 saturated heterocycles. The molecule has 0 saturated carbocycles. The van der Waals surface area contributed by atoms with Gasteiger partial charge in [-0.25, -0.2) is 8.42 Å². The highest BCUT2D eigenvalue weighted by Gasteiger charge is 2.43. The second-order valence-electron chi connectivity index (χ2n) is 5.86. The minimum Gasteiger partial charge on any atom is -0.292 e. The largest absolute Gasteiger partial charge is 0.292 e. The van der Waals surface area contributed by atoms with Crippen molar-refractivity contribution in [2.45, 2.75) is 35.3 Å². The van der Waals surface area contributed by atoms with Crippen molar-refractivity contribution in [2.75, 3.05) is 6.26 Å². The van der Waals surface area contributed by atoms with Crippen LogP contribution in [-0.4, -0.2) is 25.2 Å². The van der Waals surface area contributed by atoms with Gasteiger partial charge in [-0.15, -0.1) is 11.8 Å². The van der Waals surface area contributed by atoms with E-state index in [1.807, 2.05) is 25.3 Å². The Morgan fingerprint density at radius 2 is 1.57 bits per heavy atom. The molecule has 0 aliphatic carbocycles. The van der Waals surface area contributed by atoms with Gasteiger partial charge in [0.25, 0.3) is 0 Å². The standard InChI is InChI=1S/C18H20O3S2/c1-13-9-11-14(12-10-13)23(20,21)18(2,3)17(19)15-7-5-6-8-16(15)22-4/h5-12H,1-4H3. The normalized spacial score (nSPS) is 12.2. The number of aryl methyl sites for hydroxylation is 1. The second-order valence-corrected chi connectivity index (χ2v) is 9.20. The van der Waals surface area contributed by atoms with Crippen LogP contribution in [0.25, 0.3) is 0 Å². The molecule has 2 rings (SSSR count). The van der Waals surface area contributed by atoms with Crippen LogP contribution < -0.4 is 0 Å². The summed E-state index contributed by atoms with van der Waals surface area (Å²) < 4.78 is 24.4. The topological polar surface area (TPSA) is 51.2 Å². The van der Waals surface area contributed by atoms with E-state index in [0.717, 1.165) is 10.5 Å². The Kier molecular flexibility index (Phi) is 5.01. The highest BCUT2D eigenvalue weighted by atomic mass is 32.2. The number of ketones is 1. The van der Waals surface area contributed by atoms with Crippen molar-refractivity contribution in [3.63, 3.8) is 0 Å². The Morgan fingerprint density at radius 3 is 2.13 bits per heavy atom. The lowest BCUT2D eigenvalue weighted by molar-refractivity contribution is 0.0951. The van der Waals surface area contributed by atoms with E-state index in [2.05, 4.69) is 0 Å². The van der Waals surface area contributed by atoms with Gasteiger partial charge in [-0.05, 0) is 45.2 Å². The maximum Gasteiger partial charge on any atom is 0.190 e. The molecule has 122 valence electrons. The van der Waals surface area contributed by atoms with Crippen molar-refractivity contribution in [2.24, 2.45) is 0 Å². The molecule has 3 nitrogen and oxygen atoms in total. The number of carbonyl (C=O) groups excluding carboxylic acids is 1. The highest BCUT2D eigenvalue weighted by Crippen LogP contribution is 2.32. The van der Waals surface area contributed by atoms with Crippen LogP contribution >= 0.6 is 11.8 Å². The number of Topliss-reactive ketones (excluding diaryl/α,β-unsaturated/α-hetero) is 1. The summed E-state index contributed by atoms with van der Waals surface area (Å²) in [5.74, 6) is -0.386. The third kappa shape index (κ3) is 3.21. The number of thioether (sulfide) groups is 1. The predicted octanol–water partition coefficient (Wildman–Crippen LogP) is 4.15. The zero-order valence-electron chi connectivity index (χ0n) is 13.7. The highest BCUT2D eigenvalue weighted by molar-refractivity contribution is 7.98. The summed E-state index contributed by atoms with van der Waals surface area (Å²) in [5.41, 5.74) is 1.42. The summed E-state index contributed by atoms with van der Waals surface area (Å²) in [6, 6.07) is 13.7. The number of hydrogen-bond acceptors (Lipinski definition) is 4. The Balaban J connectivity index is 2.52. The molecule has 0 unspecified atom stereocenters. The average Bonchev–Trinajstić information content (AvgIpc) is 2.54. The van der Waals surface area contributed by atoms with Gasteiger partial charge in [0.15, 0.2) is 15.6 Å². The van der Waals surface area contributed by atoms with Crippen LogP contribution in [0.3, 0.4) is 0 Å². The quantitative estimate of drug-likeness (QED) is 0.601. The smallest absolute Gasteiger partial charge is 0.190 e.